The lowest BCUT2D eigenvalue weighted by Crippen LogP contribution is -2.37. The Morgan fingerprint density at radius 3 is 2.50 bits per heavy atom. The van der Waals surface area contributed by atoms with Gasteiger partial charge in [0.1, 0.15) is 0 Å². The number of hydrogen-bond donors (Lipinski definition) is 2. The zero-order chi connectivity index (χ0) is 10.1. The normalized spacial score (nSPS) is 26.4. The minimum atomic E-state index is -0.949. The summed E-state index contributed by atoms with van der Waals surface area (Å²) in [5, 5.41) is 11.1. The molecule has 2 N–H and O–H groups in total. The molecule has 4 heteroatoms. The second-order valence-electron chi connectivity index (χ2n) is 3.37. The van der Waals surface area contributed by atoms with Crippen LogP contribution in [-0.4, -0.2) is 23.2 Å². The van der Waals surface area contributed by atoms with Gasteiger partial charge in [0.2, 0.25) is 0 Å². The van der Waals surface area contributed by atoms with Crippen molar-refractivity contribution in [3.8, 4) is 0 Å². The van der Waals surface area contributed by atoms with Crippen LogP contribution in [0.25, 0.3) is 0 Å². The molecule has 1 aliphatic heterocycles. The van der Waals surface area contributed by atoms with E-state index in [1.165, 1.54) is 0 Å². The van der Waals surface area contributed by atoms with Gasteiger partial charge in [-0.2, -0.15) is 0 Å². The SMILES string of the molecule is CC1C(O)C(=O)NN1c1ccccc1. The number of carbonyl (C=O) groups is 1. The summed E-state index contributed by atoms with van der Waals surface area (Å²) in [6.07, 6.45) is -0.949. The highest BCUT2D eigenvalue weighted by molar-refractivity contribution is 5.86. The van der Waals surface area contributed by atoms with Gasteiger partial charge < -0.3 is 5.11 Å². The smallest absolute Gasteiger partial charge is 0.269 e. The predicted molar refractivity (Wildman–Crippen MR) is 52.5 cm³/mol. The lowest BCUT2D eigenvalue weighted by atomic mass is 10.2. The number of amides is 1. The van der Waals surface area contributed by atoms with Gasteiger partial charge in [-0.25, -0.2) is 0 Å². The number of hydrazine groups is 1. The molecule has 1 amide bonds. The first kappa shape index (κ1) is 9.02. The van der Waals surface area contributed by atoms with Gasteiger partial charge in [-0.05, 0) is 19.1 Å². The van der Waals surface area contributed by atoms with E-state index in [1.54, 1.807) is 11.9 Å². The topological polar surface area (TPSA) is 52.6 Å². The number of aliphatic hydroxyl groups is 1. The van der Waals surface area contributed by atoms with Crippen LogP contribution in [0.4, 0.5) is 5.69 Å². The molecule has 2 unspecified atom stereocenters. The average molecular weight is 192 g/mol. The molecule has 0 spiro atoms. The fourth-order valence-corrected chi connectivity index (χ4v) is 1.54. The van der Waals surface area contributed by atoms with E-state index in [0.29, 0.717) is 0 Å². The second-order valence-corrected chi connectivity index (χ2v) is 3.37. The fourth-order valence-electron chi connectivity index (χ4n) is 1.54. The molecule has 0 radical (unpaired) electrons. The standard InChI is InChI=1S/C10H12N2O2/c1-7-9(13)10(14)11-12(7)8-5-3-2-4-6-8/h2-7,9,13H,1H3,(H,11,14). The molecule has 0 aliphatic carbocycles. The molecule has 0 saturated carbocycles. The van der Waals surface area contributed by atoms with Gasteiger partial charge in [0.25, 0.3) is 5.91 Å². The highest BCUT2D eigenvalue weighted by Gasteiger charge is 2.36. The van der Waals surface area contributed by atoms with Gasteiger partial charge in [0.05, 0.1) is 11.7 Å². The number of rotatable bonds is 1. The van der Waals surface area contributed by atoms with Crippen molar-refractivity contribution in [2.45, 2.75) is 19.1 Å². The molecule has 0 aromatic heterocycles. The van der Waals surface area contributed by atoms with E-state index in [0.717, 1.165) is 5.69 Å². The van der Waals surface area contributed by atoms with Crippen LogP contribution in [0, 0.1) is 0 Å². The largest absolute Gasteiger partial charge is 0.381 e. The number of hydrogen-bond acceptors (Lipinski definition) is 3. The van der Waals surface area contributed by atoms with Crippen LogP contribution in [0.15, 0.2) is 30.3 Å². The van der Waals surface area contributed by atoms with Crippen molar-refractivity contribution in [1.82, 2.24) is 5.43 Å². The molecule has 1 heterocycles. The monoisotopic (exact) mass is 192 g/mol. The molecule has 14 heavy (non-hydrogen) atoms. The number of nitrogens with one attached hydrogen (secondary N) is 1. The van der Waals surface area contributed by atoms with Crippen molar-refractivity contribution in [2.75, 3.05) is 5.01 Å². The molecule has 1 aromatic carbocycles. The first-order valence-electron chi connectivity index (χ1n) is 4.53. The van der Waals surface area contributed by atoms with E-state index in [4.69, 9.17) is 0 Å². The molecule has 74 valence electrons. The molecular weight excluding hydrogens is 180 g/mol. The zero-order valence-corrected chi connectivity index (χ0v) is 7.84. The van der Waals surface area contributed by atoms with Crippen LogP contribution in [0.2, 0.25) is 0 Å². The number of anilines is 1. The van der Waals surface area contributed by atoms with Crippen molar-refractivity contribution in [3.05, 3.63) is 30.3 Å². The predicted octanol–water partition coefficient (Wildman–Crippen LogP) is 0.287. The quantitative estimate of drug-likeness (QED) is 0.672. The molecular formula is C10H12N2O2. The minimum Gasteiger partial charge on any atom is -0.381 e. The van der Waals surface area contributed by atoms with Crippen LogP contribution in [0.3, 0.4) is 0 Å². The highest BCUT2D eigenvalue weighted by atomic mass is 16.3. The van der Waals surface area contributed by atoms with E-state index in [1.807, 2.05) is 30.3 Å². The molecule has 2 atom stereocenters. The third kappa shape index (κ3) is 1.33. The molecule has 4 nitrogen and oxygen atoms in total. The summed E-state index contributed by atoms with van der Waals surface area (Å²) in [6, 6.07) is 9.22. The summed E-state index contributed by atoms with van der Waals surface area (Å²) in [6.45, 7) is 1.80. The summed E-state index contributed by atoms with van der Waals surface area (Å²) in [5.74, 6) is -0.346. The lowest BCUT2D eigenvalue weighted by molar-refractivity contribution is -0.126. The number of aliphatic hydroxyl groups excluding tert-OH is 1. The molecule has 1 saturated heterocycles. The molecule has 2 rings (SSSR count). The van der Waals surface area contributed by atoms with Crippen LogP contribution < -0.4 is 10.4 Å². The highest BCUT2D eigenvalue weighted by Crippen LogP contribution is 2.19. The molecule has 1 fully saturated rings. The number of benzene rings is 1. The Morgan fingerprint density at radius 1 is 1.36 bits per heavy atom. The Labute approximate surface area is 82.1 Å². The van der Waals surface area contributed by atoms with Crippen LogP contribution >= 0.6 is 0 Å². The third-order valence-corrected chi connectivity index (χ3v) is 2.40. The lowest BCUT2D eigenvalue weighted by Gasteiger charge is -2.22. The van der Waals surface area contributed by atoms with Crippen LogP contribution in [-0.2, 0) is 4.79 Å². The Morgan fingerprint density at radius 2 is 2.00 bits per heavy atom. The Hall–Kier alpha value is -1.55. The van der Waals surface area contributed by atoms with Crippen molar-refractivity contribution in [3.63, 3.8) is 0 Å². The Bertz CT molecular complexity index is 339. The van der Waals surface area contributed by atoms with Gasteiger partial charge in [0.15, 0.2) is 6.10 Å². The Balaban J connectivity index is 2.26. The van der Waals surface area contributed by atoms with Crippen molar-refractivity contribution >= 4 is 11.6 Å². The van der Waals surface area contributed by atoms with Gasteiger partial charge in [-0.1, -0.05) is 18.2 Å². The number of nitrogens with zero attached hydrogens (tertiary/aromatic N) is 1. The summed E-state index contributed by atoms with van der Waals surface area (Å²) in [7, 11) is 0. The van der Waals surface area contributed by atoms with E-state index in [9.17, 15) is 9.90 Å². The number of para-hydroxylation sites is 1. The van der Waals surface area contributed by atoms with E-state index in [-0.39, 0.29) is 11.9 Å². The second kappa shape index (κ2) is 3.31. The van der Waals surface area contributed by atoms with Gasteiger partial charge >= 0.3 is 0 Å². The van der Waals surface area contributed by atoms with E-state index >= 15 is 0 Å². The van der Waals surface area contributed by atoms with Crippen molar-refractivity contribution in [1.29, 1.82) is 0 Å². The molecule has 0 bridgehead atoms. The fraction of sp³-hybridized carbons (Fsp3) is 0.300. The van der Waals surface area contributed by atoms with Gasteiger partial charge in [-0.15, -0.1) is 0 Å². The number of carbonyl (C=O) groups excluding carboxylic acids is 1. The maximum absolute atomic E-state index is 11.2. The maximum Gasteiger partial charge on any atom is 0.269 e. The Kier molecular flexibility index (Phi) is 2.13. The summed E-state index contributed by atoms with van der Waals surface area (Å²) in [4.78, 5) is 11.2. The first-order valence-corrected chi connectivity index (χ1v) is 4.53. The third-order valence-electron chi connectivity index (χ3n) is 2.40. The van der Waals surface area contributed by atoms with Crippen molar-refractivity contribution < 1.29 is 9.90 Å². The van der Waals surface area contributed by atoms with Gasteiger partial charge in [0, 0.05) is 0 Å². The van der Waals surface area contributed by atoms with Gasteiger partial charge in [-0.3, -0.25) is 15.2 Å². The average Bonchev–Trinajstić information content (AvgIpc) is 2.47. The van der Waals surface area contributed by atoms with Crippen LogP contribution in [0.5, 0.6) is 0 Å². The first-order chi connectivity index (χ1) is 6.70. The summed E-state index contributed by atoms with van der Waals surface area (Å²) >= 11 is 0. The van der Waals surface area contributed by atoms with E-state index < -0.39 is 6.10 Å². The van der Waals surface area contributed by atoms with Crippen molar-refractivity contribution in [2.24, 2.45) is 0 Å². The summed E-state index contributed by atoms with van der Waals surface area (Å²) in [5.41, 5.74) is 3.49. The van der Waals surface area contributed by atoms with Crippen LogP contribution in [0.1, 0.15) is 6.92 Å². The minimum absolute atomic E-state index is 0.232. The maximum atomic E-state index is 11.2. The molecule has 1 aromatic rings. The molecule has 1 aliphatic rings. The van der Waals surface area contributed by atoms with E-state index in [2.05, 4.69) is 5.43 Å². The summed E-state index contributed by atoms with van der Waals surface area (Å²) < 4.78 is 0. The zero-order valence-electron chi connectivity index (χ0n) is 7.84.